The van der Waals surface area contributed by atoms with Crippen LogP contribution in [0.1, 0.15) is 16.7 Å². The molecule has 6 heteroatoms. The van der Waals surface area contributed by atoms with Crippen molar-refractivity contribution in [1.29, 1.82) is 0 Å². The van der Waals surface area contributed by atoms with Crippen molar-refractivity contribution in [2.24, 2.45) is 0 Å². The summed E-state index contributed by atoms with van der Waals surface area (Å²) in [5.41, 5.74) is 4.53. The molecule has 154 valence electrons. The first-order chi connectivity index (χ1) is 15.2. The molecule has 0 aliphatic heterocycles. The normalized spacial score (nSPS) is 11.4. The van der Waals surface area contributed by atoms with Gasteiger partial charge in [0, 0.05) is 12.3 Å². The van der Waals surface area contributed by atoms with Crippen LogP contribution in [0, 0.1) is 6.92 Å². The summed E-state index contributed by atoms with van der Waals surface area (Å²) < 4.78 is 3.77. The van der Waals surface area contributed by atoms with Crippen LogP contribution in [-0.2, 0) is 18.7 Å². The molecule has 0 radical (unpaired) electrons. The van der Waals surface area contributed by atoms with Gasteiger partial charge in [0.25, 0.3) is 5.56 Å². The molecular formula is C25H22N4OS. The molecule has 2 heterocycles. The molecule has 5 rings (SSSR count). The minimum Gasteiger partial charge on any atom is -0.276 e. The van der Waals surface area contributed by atoms with E-state index in [1.807, 2.05) is 46.9 Å². The average molecular weight is 427 g/mol. The molecule has 5 nitrogen and oxygen atoms in total. The number of nitrogens with zero attached hydrogens (tertiary/aromatic N) is 4. The summed E-state index contributed by atoms with van der Waals surface area (Å²) >= 11 is 1.64. The maximum atomic E-state index is 13.3. The number of hydrogen-bond acceptors (Lipinski definition) is 4. The largest absolute Gasteiger partial charge is 0.276 e. The highest BCUT2D eigenvalue weighted by Crippen LogP contribution is 2.25. The van der Waals surface area contributed by atoms with Crippen LogP contribution in [0.4, 0.5) is 0 Å². The van der Waals surface area contributed by atoms with E-state index in [4.69, 9.17) is 0 Å². The topological polar surface area (TPSA) is 52.2 Å². The van der Waals surface area contributed by atoms with Gasteiger partial charge in [0.15, 0.2) is 5.16 Å². The molecule has 3 aromatic carbocycles. The summed E-state index contributed by atoms with van der Waals surface area (Å²) in [5, 5.41) is 10.4. The lowest BCUT2D eigenvalue weighted by atomic mass is 10.1. The van der Waals surface area contributed by atoms with E-state index in [-0.39, 0.29) is 5.56 Å². The summed E-state index contributed by atoms with van der Waals surface area (Å²) in [6, 6.07) is 26.3. The molecule has 0 aliphatic rings. The third kappa shape index (κ3) is 3.75. The molecule has 0 fully saturated rings. The van der Waals surface area contributed by atoms with Gasteiger partial charge in [0.05, 0.1) is 10.9 Å². The van der Waals surface area contributed by atoms with Gasteiger partial charge >= 0.3 is 0 Å². The van der Waals surface area contributed by atoms with E-state index in [0.29, 0.717) is 17.7 Å². The van der Waals surface area contributed by atoms with Crippen molar-refractivity contribution in [2.75, 3.05) is 0 Å². The van der Waals surface area contributed by atoms with Gasteiger partial charge in [-0.3, -0.25) is 13.8 Å². The predicted octanol–water partition coefficient (Wildman–Crippen LogP) is 4.89. The van der Waals surface area contributed by atoms with E-state index in [2.05, 4.69) is 53.5 Å². The fourth-order valence-corrected chi connectivity index (χ4v) is 4.84. The van der Waals surface area contributed by atoms with E-state index >= 15 is 0 Å². The number of aromatic nitrogens is 4. The van der Waals surface area contributed by atoms with Crippen LogP contribution in [0.5, 0.6) is 0 Å². The molecule has 2 aromatic heterocycles. The Balaban J connectivity index is 1.58. The maximum Gasteiger partial charge on any atom is 0.262 e. The summed E-state index contributed by atoms with van der Waals surface area (Å²) in [5.74, 6) is 1.39. The summed E-state index contributed by atoms with van der Waals surface area (Å²) in [6.07, 6.45) is 0.757. The van der Waals surface area contributed by atoms with Crippen molar-refractivity contribution in [3.05, 3.63) is 106 Å². The van der Waals surface area contributed by atoms with Crippen LogP contribution >= 0.6 is 11.8 Å². The second kappa shape index (κ2) is 8.40. The number of thioether (sulfide) groups is 1. The zero-order valence-electron chi connectivity index (χ0n) is 17.2. The smallest absolute Gasteiger partial charge is 0.262 e. The number of hydrogen-bond donors (Lipinski definition) is 0. The summed E-state index contributed by atoms with van der Waals surface area (Å²) in [6.45, 7) is 2.67. The first kappa shape index (κ1) is 19.6. The van der Waals surface area contributed by atoms with Crippen molar-refractivity contribution in [3.8, 4) is 0 Å². The van der Waals surface area contributed by atoms with Gasteiger partial charge in [-0.25, -0.2) is 0 Å². The number of para-hydroxylation sites is 1. The minimum atomic E-state index is -0.0260. The van der Waals surface area contributed by atoms with Crippen molar-refractivity contribution >= 4 is 28.4 Å². The lowest BCUT2D eigenvalue weighted by molar-refractivity contribution is 0.677. The van der Waals surface area contributed by atoms with E-state index in [0.717, 1.165) is 22.8 Å². The van der Waals surface area contributed by atoms with Crippen molar-refractivity contribution in [1.82, 2.24) is 19.2 Å². The van der Waals surface area contributed by atoms with Gasteiger partial charge in [-0.05, 0) is 42.2 Å². The number of fused-ring (bicyclic) bond motifs is 3. The Labute approximate surface area is 184 Å². The standard InChI is InChI=1S/C25H22N4OS/c1-18-9-5-6-12-20(18)17-31-25-27-26-24-28(16-15-19-10-3-2-4-11-19)23(30)21-13-7-8-14-22(21)29(24)25/h2-14H,15-17H2,1H3. The third-order valence-corrected chi connectivity index (χ3v) is 6.54. The summed E-state index contributed by atoms with van der Waals surface area (Å²) in [4.78, 5) is 13.3. The number of rotatable bonds is 6. The van der Waals surface area contributed by atoms with Gasteiger partial charge in [0.2, 0.25) is 5.78 Å². The molecule has 0 N–H and O–H groups in total. The molecule has 0 saturated carbocycles. The van der Waals surface area contributed by atoms with Crippen LogP contribution in [0.2, 0.25) is 0 Å². The van der Waals surface area contributed by atoms with Crippen molar-refractivity contribution in [2.45, 2.75) is 30.8 Å². The Morgan fingerprint density at radius 3 is 2.45 bits per heavy atom. The molecule has 0 bridgehead atoms. The Hall–Kier alpha value is -3.38. The molecule has 0 unspecified atom stereocenters. The second-order valence-corrected chi connectivity index (χ2v) is 8.49. The van der Waals surface area contributed by atoms with Gasteiger partial charge in [-0.1, -0.05) is 78.5 Å². The molecule has 0 aliphatic carbocycles. The summed E-state index contributed by atoms with van der Waals surface area (Å²) in [7, 11) is 0. The minimum absolute atomic E-state index is 0.0260. The van der Waals surface area contributed by atoms with E-state index in [1.54, 1.807) is 16.3 Å². The van der Waals surface area contributed by atoms with Crippen LogP contribution in [0.25, 0.3) is 16.7 Å². The first-order valence-corrected chi connectivity index (χ1v) is 11.3. The number of aryl methyl sites for hydroxylation is 3. The SMILES string of the molecule is Cc1ccccc1CSc1nnc2n(CCc3ccccc3)c(=O)c3ccccc3n12. The van der Waals surface area contributed by atoms with Gasteiger partial charge in [0.1, 0.15) is 0 Å². The molecule has 0 amide bonds. The molecule has 5 aromatic rings. The monoisotopic (exact) mass is 426 g/mol. The molecule has 0 spiro atoms. The lowest BCUT2D eigenvalue weighted by Gasteiger charge is -2.11. The van der Waals surface area contributed by atoms with E-state index in [9.17, 15) is 4.79 Å². The van der Waals surface area contributed by atoms with E-state index in [1.165, 1.54) is 16.7 Å². The zero-order valence-corrected chi connectivity index (χ0v) is 18.0. The third-order valence-electron chi connectivity index (χ3n) is 5.56. The number of benzene rings is 3. The first-order valence-electron chi connectivity index (χ1n) is 10.3. The predicted molar refractivity (Wildman–Crippen MR) is 126 cm³/mol. The second-order valence-electron chi connectivity index (χ2n) is 7.54. The maximum absolute atomic E-state index is 13.3. The van der Waals surface area contributed by atoms with Gasteiger partial charge < -0.3 is 0 Å². The molecule has 0 atom stereocenters. The molecule has 31 heavy (non-hydrogen) atoms. The Kier molecular flexibility index (Phi) is 5.30. The highest BCUT2D eigenvalue weighted by Gasteiger charge is 2.17. The zero-order chi connectivity index (χ0) is 21.2. The van der Waals surface area contributed by atoms with Crippen molar-refractivity contribution in [3.63, 3.8) is 0 Å². The molecule has 0 saturated heterocycles. The Morgan fingerprint density at radius 2 is 1.61 bits per heavy atom. The average Bonchev–Trinajstić information content (AvgIpc) is 3.23. The van der Waals surface area contributed by atoms with Gasteiger partial charge in [-0.2, -0.15) is 0 Å². The highest BCUT2D eigenvalue weighted by molar-refractivity contribution is 7.98. The Morgan fingerprint density at radius 1 is 0.871 bits per heavy atom. The highest BCUT2D eigenvalue weighted by atomic mass is 32.2. The van der Waals surface area contributed by atoms with Crippen molar-refractivity contribution < 1.29 is 0 Å². The van der Waals surface area contributed by atoms with Crippen LogP contribution in [-0.4, -0.2) is 19.2 Å². The van der Waals surface area contributed by atoms with Gasteiger partial charge in [-0.15, -0.1) is 10.2 Å². The van der Waals surface area contributed by atoms with E-state index < -0.39 is 0 Å². The molecular weight excluding hydrogens is 404 g/mol. The fraction of sp³-hybridized carbons (Fsp3) is 0.160. The quantitative estimate of drug-likeness (QED) is 0.363. The van der Waals surface area contributed by atoms with Crippen LogP contribution in [0.3, 0.4) is 0 Å². The van der Waals surface area contributed by atoms with Crippen LogP contribution in [0.15, 0.2) is 88.8 Å². The Bertz CT molecular complexity index is 1420. The van der Waals surface area contributed by atoms with Crippen LogP contribution < -0.4 is 5.56 Å². The lowest BCUT2D eigenvalue weighted by Crippen LogP contribution is -2.24. The fourth-order valence-electron chi connectivity index (χ4n) is 3.83.